The molecule has 0 amide bonds. The van der Waals surface area contributed by atoms with Crippen LogP contribution in [-0.2, 0) is 19.1 Å². The normalized spacial score (nSPS) is 8.38. The molecule has 0 atom stereocenters. The lowest BCUT2D eigenvalue weighted by Crippen LogP contribution is -2.00. The Kier molecular flexibility index (Phi) is 17.2. The van der Waals surface area contributed by atoms with Crippen LogP contribution in [-0.4, -0.2) is 25.7 Å². The van der Waals surface area contributed by atoms with Gasteiger partial charge in [0.1, 0.15) is 0 Å². The highest BCUT2D eigenvalue weighted by atomic mass is 16.5. The van der Waals surface area contributed by atoms with E-state index >= 15 is 0 Å². The Balaban J connectivity index is 0. The van der Waals surface area contributed by atoms with Gasteiger partial charge in [0.25, 0.3) is 6.47 Å². The van der Waals surface area contributed by atoms with Gasteiger partial charge in [-0.15, -0.1) is 0 Å². The van der Waals surface area contributed by atoms with E-state index < -0.39 is 0 Å². The maximum absolute atomic E-state index is 10.3. The molecule has 94 valence electrons. The van der Waals surface area contributed by atoms with E-state index in [1.807, 2.05) is 13.8 Å². The minimum atomic E-state index is -0.330. The van der Waals surface area contributed by atoms with Crippen LogP contribution < -0.4 is 0 Å². The van der Waals surface area contributed by atoms with Gasteiger partial charge in [-0.2, -0.15) is 0 Å². The van der Waals surface area contributed by atoms with E-state index in [1.165, 1.54) is 6.08 Å². The molecule has 0 aliphatic carbocycles. The molecule has 0 N–H and O–H groups in total. The highest BCUT2D eigenvalue weighted by molar-refractivity contribution is 5.81. The Hall–Kier alpha value is -1.32. The van der Waals surface area contributed by atoms with Crippen LogP contribution in [0.5, 0.6) is 0 Å². The lowest BCUT2D eigenvalue weighted by molar-refractivity contribution is -0.137. The Morgan fingerprint density at radius 1 is 1.19 bits per heavy atom. The zero-order valence-electron chi connectivity index (χ0n) is 10.2. The summed E-state index contributed by atoms with van der Waals surface area (Å²) in [5, 5.41) is 0. The van der Waals surface area contributed by atoms with Crippen LogP contribution in [0.3, 0.4) is 0 Å². The maximum atomic E-state index is 10.3. The number of esters is 1. The number of rotatable bonds is 8. The summed E-state index contributed by atoms with van der Waals surface area (Å²) < 4.78 is 9.07. The van der Waals surface area contributed by atoms with Gasteiger partial charge in [-0.25, -0.2) is 4.79 Å². The molecule has 0 spiro atoms. The number of unbranched alkanes of at least 4 members (excludes halogenated alkanes) is 2. The van der Waals surface area contributed by atoms with Crippen molar-refractivity contribution in [2.24, 2.45) is 0 Å². The number of hydrogen-bond acceptors (Lipinski definition) is 4. The first-order chi connectivity index (χ1) is 7.72. The van der Waals surface area contributed by atoms with Crippen molar-refractivity contribution in [2.45, 2.75) is 39.5 Å². The third-order valence-electron chi connectivity index (χ3n) is 1.59. The molecule has 0 heterocycles. The predicted molar refractivity (Wildman–Crippen MR) is 63.0 cm³/mol. The van der Waals surface area contributed by atoms with E-state index in [9.17, 15) is 9.59 Å². The summed E-state index contributed by atoms with van der Waals surface area (Å²) in [6.45, 7) is 8.92. The van der Waals surface area contributed by atoms with E-state index in [4.69, 9.17) is 0 Å². The molecular formula is C12H22O4. The monoisotopic (exact) mass is 230 g/mol. The van der Waals surface area contributed by atoms with Gasteiger partial charge in [-0.05, 0) is 12.8 Å². The molecule has 0 aromatic rings. The molecule has 0 saturated carbocycles. The van der Waals surface area contributed by atoms with Crippen LogP contribution in [0.25, 0.3) is 0 Å². The maximum Gasteiger partial charge on any atom is 0.330 e. The quantitative estimate of drug-likeness (QED) is 0.278. The van der Waals surface area contributed by atoms with E-state index in [0.29, 0.717) is 19.7 Å². The highest BCUT2D eigenvalue weighted by Crippen LogP contribution is 1.88. The molecular weight excluding hydrogens is 208 g/mol. The van der Waals surface area contributed by atoms with Gasteiger partial charge in [0.05, 0.1) is 13.2 Å². The number of carbonyl (C=O) groups excluding carboxylic acids is 2. The molecule has 16 heavy (non-hydrogen) atoms. The van der Waals surface area contributed by atoms with Gasteiger partial charge in [0, 0.05) is 6.08 Å². The summed E-state index contributed by atoms with van der Waals surface area (Å²) in [6, 6.07) is 0. The molecule has 0 bridgehead atoms. The first kappa shape index (κ1) is 17.1. The second-order valence-corrected chi connectivity index (χ2v) is 3.05. The standard InChI is InChI=1S/C7H12O2.C5H10O2/c1-3-5-6-9-7(8)4-2;1-2-3-4-7-5-6/h4H,2-3,5-6H2,1H3;5H,2-4H2,1H3. The highest BCUT2D eigenvalue weighted by Gasteiger charge is 1.91. The molecule has 0 saturated heterocycles. The van der Waals surface area contributed by atoms with Crippen molar-refractivity contribution in [3.8, 4) is 0 Å². The molecule has 0 aliphatic heterocycles. The first-order valence-electron chi connectivity index (χ1n) is 5.57. The molecule has 0 aromatic heterocycles. The molecule has 0 rings (SSSR count). The van der Waals surface area contributed by atoms with Crippen LogP contribution in [0, 0.1) is 0 Å². The molecule has 4 nitrogen and oxygen atoms in total. The van der Waals surface area contributed by atoms with Crippen molar-refractivity contribution >= 4 is 12.4 Å². The fourth-order valence-corrected chi connectivity index (χ4v) is 0.652. The average Bonchev–Trinajstić information content (AvgIpc) is 2.31. The number of carbonyl (C=O) groups is 2. The van der Waals surface area contributed by atoms with Crippen LogP contribution in [0.2, 0.25) is 0 Å². The minimum Gasteiger partial charge on any atom is -0.468 e. The van der Waals surface area contributed by atoms with E-state index in [0.717, 1.165) is 25.7 Å². The van der Waals surface area contributed by atoms with Crippen molar-refractivity contribution in [2.75, 3.05) is 13.2 Å². The molecule has 0 fully saturated rings. The van der Waals surface area contributed by atoms with Gasteiger partial charge in [-0.1, -0.05) is 33.3 Å². The summed E-state index contributed by atoms with van der Waals surface area (Å²) >= 11 is 0. The largest absolute Gasteiger partial charge is 0.468 e. The fraction of sp³-hybridized carbons (Fsp3) is 0.667. The van der Waals surface area contributed by atoms with Crippen LogP contribution in [0.4, 0.5) is 0 Å². The third kappa shape index (κ3) is 18.5. The average molecular weight is 230 g/mol. The first-order valence-corrected chi connectivity index (χ1v) is 5.57. The Labute approximate surface area is 97.6 Å². The summed E-state index contributed by atoms with van der Waals surface area (Å²) in [5.74, 6) is -0.330. The fourth-order valence-electron chi connectivity index (χ4n) is 0.652. The molecule has 0 radical (unpaired) electrons. The van der Waals surface area contributed by atoms with E-state index in [1.54, 1.807) is 0 Å². The van der Waals surface area contributed by atoms with Crippen molar-refractivity contribution in [1.29, 1.82) is 0 Å². The van der Waals surface area contributed by atoms with Gasteiger partial charge in [-0.3, -0.25) is 4.79 Å². The summed E-state index contributed by atoms with van der Waals surface area (Å²) in [4.78, 5) is 19.8. The van der Waals surface area contributed by atoms with E-state index in [-0.39, 0.29) is 5.97 Å². The van der Waals surface area contributed by atoms with Gasteiger partial charge < -0.3 is 9.47 Å². The SMILES string of the molecule is C=CC(=O)OCCCC.CCCCOC=O. The molecule has 0 unspecified atom stereocenters. The second kappa shape index (κ2) is 16.1. The summed E-state index contributed by atoms with van der Waals surface area (Å²) in [6.07, 6.45) is 5.20. The van der Waals surface area contributed by atoms with Crippen molar-refractivity contribution < 1.29 is 19.1 Å². The number of ether oxygens (including phenoxy) is 2. The van der Waals surface area contributed by atoms with Crippen molar-refractivity contribution in [1.82, 2.24) is 0 Å². The zero-order valence-corrected chi connectivity index (χ0v) is 10.2. The van der Waals surface area contributed by atoms with Gasteiger partial charge >= 0.3 is 5.97 Å². The smallest absolute Gasteiger partial charge is 0.330 e. The lowest BCUT2D eigenvalue weighted by atomic mass is 10.4. The van der Waals surface area contributed by atoms with Crippen molar-refractivity contribution in [3.05, 3.63) is 12.7 Å². The molecule has 0 aliphatic rings. The Morgan fingerprint density at radius 2 is 1.75 bits per heavy atom. The second-order valence-electron chi connectivity index (χ2n) is 3.05. The molecule has 4 heteroatoms. The minimum absolute atomic E-state index is 0.330. The van der Waals surface area contributed by atoms with Crippen LogP contribution in [0.1, 0.15) is 39.5 Å². The lowest BCUT2D eigenvalue weighted by Gasteiger charge is -1.97. The van der Waals surface area contributed by atoms with Crippen LogP contribution >= 0.6 is 0 Å². The zero-order chi connectivity index (χ0) is 12.6. The van der Waals surface area contributed by atoms with Crippen molar-refractivity contribution in [3.63, 3.8) is 0 Å². The van der Waals surface area contributed by atoms with Gasteiger partial charge in [0.2, 0.25) is 0 Å². The Morgan fingerprint density at radius 3 is 2.19 bits per heavy atom. The number of hydrogen-bond donors (Lipinski definition) is 0. The van der Waals surface area contributed by atoms with Crippen LogP contribution in [0.15, 0.2) is 12.7 Å². The Bertz CT molecular complexity index is 178. The molecule has 0 aromatic carbocycles. The summed E-state index contributed by atoms with van der Waals surface area (Å²) in [5.41, 5.74) is 0. The topological polar surface area (TPSA) is 52.6 Å². The predicted octanol–water partition coefficient (Wildman–Crippen LogP) is 2.48. The van der Waals surface area contributed by atoms with E-state index in [2.05, 4.69) is 16.1 Å². The third-order valence-corrected chi connectivity index (χ3v) is 1.59. The summed E-state index contributed by atoms with van der Waals surface area (Å²) in [7, 11) is 0. The van der Waals surface area contributed by atoms with Gasteiger partial charge in [0.15, 0.2) is 0 Å².